The number of likely N-dealkylation sites (tertiary alicyclic amines) is 2. The molecule has 0 aliphatic carbocycles. The fraction of sp³-hybridized carbons (Fsp3) is 0.611. The molecule has 152 valence electrons. The molecule has 2 saturated heterocycles. The van der Waals surface area contributed by atoms with Gasteiger partial charge in [-0.15, -0.1) is 0 Å². The number of fused-ring (bicyclic) bond motifs is 1. The van der Waals surface area contributed by atoms with Crippen molar-refractivity contribution >= 4 is 22.8 Å². The summed E-state index contributed by atoms with van der Waals surface area (Å²) in [5.74, 6) is -0.212. The Balaban J connectivity index is 1.69. The zero-order valence-electron chi connectivity index (χ0n) is 15.4. The third-order valence-corrected chi connectivity index (χ3v) is 5.60. The first-order valence-corrected chi connectivity index (χ1v) is 9.58. The first kappa shape index (κ1) is 19.0. The Labute approximate surface area is 160 Å². The van der Waals surface area contributed by atoms with Gasteiger partial charge in [0.15, 0.2) is 5.65 Å². The number of hydrogen-bond acceptors (Lipinski definition) is 5. The maximum Gasteiger partial charge on any atom is 0.417 e. The van der Waals surface area contributed by atoms with Crippen molar-refractivity contribution in [3.05, 3.63) is 17.3 Å². The molecule has 0 aromatic carbocycles. The van der Waals surface area contributed by atoms with Crippen LogP contribution in [0.2, 0.25) is 0 Å². The fourth-order valence-electron chi connectivity index (χ4n) is 4.22. The largest absolute Gasteiger partial charge is 0.417 e. The second-order valence-corrected chi connectivity index (χ2v) is 7.51. The highest BCUT2D eigenvalue weighted by Crippen LogP contribution is 2.39. The van der Waals surface area contributed by atoms with E-state index in [0.717, 1.165) is 44.8 Å². The van der Waals surface area contributed by atoms with Crippen molar-refractivity contribution < 1.29 is 18.0 Å². The molecule has 2 aromatic heterocycles. The standard InChI is InChI=1S/C18H23F3N6O/c19-18(20,21)11-9-12(23-17-15(11)16(22)24-25-17)13-5-1-2-8-27(13)14(28)10-26-6-3-4-7-26/h9,13H,1-8,10H2,(H3,22,23,24,25)/t13-/m0/s1. The number of aromatic amines is 1. The van der Waals surface area contributed by atoms with E-state index in [1.54, 1.807) is 4.90 Å². The highest BCUT2D eigenvalue weighted by Gasteiger charge is 2.37. The number of rotatable bonds is 3. The van der Waals surface area contributed by atoms with Crippen molar-refractivity contribution in [1.82, 2.24) is 25.0 Å². The topological polar surface area (TPSA) is 91.1 Å². The van der Waals surface area contributed by atoms with E-state index in [1.807, 2.05) is 0 Å². The summed E-state index contributed by atoms with van der Waals surface area (Å²) in [6.45, 7) is 2.61. The predicted octanol–water partition coefficient (Wildman–Crippen LogP) is 2.71. The van der Waals surface area contributed by atoms with Crippen molar-refractivity contribution in [2.45, 2.75) is 44.3 Å². The number of anilines is 1. The summed E-state index contributed by atoms with van der Waals surface area (Å²) < 4.78 is 40.9. The number of pyridine rings is 1. The molecule has 4 rings (SSSR count). The zero-order valence-corrected chi connectivity index (χ0v) is 15.4. The molecule has 2 aliphatic rings. The molecule has 2 fully saturated rings. The Kier molecular flexibility index (Phi) is 4.90. The second kappa shape index (κ2) is 7.23. The van der Waals surface area contributed by atoms with E-state index in [-0.39, 0.29) is 28.5 Å². The quantitative estimate of drug-likeness (QED) is 0.833. The monoisotopic (exact) mass is 396 g/mol. The third kappa shape index (κ3) is 3.52. The minimum Gasteiger partial charge on any atom is -0.383 e. The Morgan fingerprint density at radius 3 is 2.64 bits per heavy atom. The molecule has 10 heteroatoms. The van der Waals surface area contributed by atoms with Crippen LogP contribution in [-0.2, 0) is 11.0 Å². The Morgan fingerprint density at radius 2 is 1.93 bits per heavy atom. The van der Waals surface area contributed by atoms with Gasteiger partial charge in [0.25, 0.3) is 0 Å². The van der Waals surface area contributed by atoms with Crippen molar-refractivity contribution in [2.24, 2.45) is 0 Å². The Morgan fingerprint density at radius 1 is 1.21 bits per heavy atom. The molecule has 1 amide bonds. The van der Waals surface area contributed by atoms with Crippen LogP contribution in [0.5, 0.6) is 0 Å². The molecule has 7 nitrogen and oxygen atoms in total. The molecule has 2 aromatic rings. The highest BCUT2D eigenvalue weighted by molar-refractivity contribution is 5.90. The number of carbonyl (C=O) groups is 1. The van der Waals surface area contributed by atoms with Gasteiger partial charge in [-0.25, -0.2) is 4.98 Å². The van der Waals surface area contributed by atoms with Gasteiger partial charge in [0.1, 0.15) is 5.82 Å². The average Bonchev–Trinajstić information content (AvgIpc) is 3.30. The molecular formula is C18H23F3N6O. The van der Waals surface area contributed by atoms with Crippen LogP contribution >= 0.6 is 0 Å². The van der Waals surface area contributed by atoms with Crippen molar-refractivity contribution in [3.63, 3.8) is 0 Å². The normalized spacial score (nSPS) is 21.5. The van der Waals surface area contributed by atoms with Gasteiger partial charge in [-0.2, -0.15) is 18.3 Å². The van der Waals surface area contributed by atoms with E-state index in [9.17, 15) is 18.0 Å². The summed E-state index contributed by atoms with van der Waals surface area (Å²) in [7, 11) is 0. The lowest BCUT2D eigenvalue weighted by Crippen LogP contribution is -2.44. The third-order valence-electron chi connectivity index (χ3n) is 5.60. The van der Waals surface area contributed by atoms with E-state index in [2.05, 4.69) is 20.1 Å². The number of carbonyl (C=O) groups excluding carboxylic acids is 1. The van der Waals surface area contributed by atoms with E-state index >= 15 is 0 Å². The molecule has 0 unspecified atom stereocenters. The van der Waals surface area contributed by atoms with Crippen molar-refractivity contribution in [2.75, 3.05) is 31.9 Å². The number of H-pyrrole nitrogens is 1. The van der Waals surface area contributed by atoms with E-state index < -0.39 is 17.8 Å². The molecule has 28 heavy (non-hydrogen) atoms. The number of amides is 1. The van der Waals surface area contributed by atoms with Crippen LogP contribution in [0, 0.1) is 0 Å². The average molecular weight is 396 g/mol. The van der Waals surface area contributed by atoms with Gasteiger partial charge in [0.05, 0.1) is 29.2 Å². The van der Waals surface area contributed by atoms with Gasteiger partial charge < -0.3 is 10.6 Å². The smallest absolute Gasteiger partial charge is 0.383 e. The first-order valence-electron chi connectivity index (χ1n) is 9.58. The molecule has 4 heterocycles. The molecule has 3 N–H and O–H groups in total. The maximum atomic E-state index is 13.6. The van der Waals surface area contributed by atoms with Gasteiger partial charge in [-0.05, 0) is 51.3 Å². The number of nitrogens with two attached hydrogens (primary N) is 1. The fourth-order valence-corrected chi connectivity index (χ4v) is 4.22. The van der Waals surface area contributed by atoms with Gasteiger partial charge >= 0.3 is 6.18 Å². The number of nitrogens with zero attached hydrogens (tertiary/aromatic N) is 4. The summed E-state index contributed by atoms with van der Waals surface area (Å²) in [6, 6.07) is 0.549. The van der Waals surface area contributed by atoms with Gasteiger partial charge in [0.2, 0.25) is 5.91 Å². The van der Waals surface area contributed by atoms with Gasteiger partial charge in [-0.1, -0.05) is 0 Å². The summed E-state index contributed by atoms with van der Waals surface area (Å²) in [5.41, 5.74) is 4.93. The summed E-state index contributed by atoms with van der Waals surface area (Å²) in [4.78, 5) is 21.0. The minimum atomic E-state index is -4.59. The van der Waals surface area contributed by atoms with Crippen LogP contribution in [0.25, 0.3) is 11.0 Å². The van der Waals surface area contributed by atoms with Crippen molar-refractivity contribution in [3.8, 4) is 0 Å². The van der Waals surface area contributed by atoms with Crippen LogP contribution in [0.15, 0.2) is 6.07 Å². The summed E-state index contributed by atoms with van der Waals surface area (Å²) in [6.07, 6.45) is -0.183. The second-order valence-electron chi connectivity index (χ2n) is 7.51. The van der Waals surface area contributed by atoms with Crippen LogP contribution in [0.3, 0.4) is 0 Å². The summed E-state index contributed by atoms with van der Waals surface area (Å²) in [5, 5.41) is 5.99. The van der Waals surface area contributed by atoms with Crippen LogP contribution < -0.4 is 5.73 Å². The van der Waals surface area contributed by atoms with Crippen molar-refractivity contribution in [1.29, 1.82) is 0 Å². The zero-order chi connectivity index (χ0) is 19.9. The molecule has 0 saturated carbocycles. The first-order chi connectivity index (χ1) is 13.3. The number of halogens is 3. The van der Waals surface area contributed by atoms with E-state index in [4.69, 9.17) is 5.73 Å². The molecule has 0 bridgehead atoms. The number of aromatic nitrogens is 3. The number of alkyl halides is 3. The Bertz CT molecular complexity index is 874. The lowest BCUT2D eigenvalue weighted by Gasteiger charge is -2.36. The molecule has 0 spiro atoms. The molecule has 2 aliphatic heterocycles. The maximum absolute atomic E-state index is 13.6. The van der Waals surface area contributed by atoms with Crippen LogP contribution in [0.1, 0.15) is 49.4 Å². The Hall–Kier alpha value is -2.36. The van der Waals surface area contributed by atoms with Crippen LogP contribution in [0.4, 0.5) is 19.0 Å². The number of hydrogen-bond donors (Lipinski definition) is 2. The van der Waals surface area contributed by atoms with Gasteiger partial charge in [0, 0.05) is 6.54 Å². The summed E-state index contributed by atoms with van der Waals surface area (Å²) >= 11 is 0. The number of nitrogen functional groups attached to an aromatic ring is 1. The van der Waals surface area contributed by atoms with Crippen LogP contribution in [-0.4, -0.2) is 57.1 Å². The lowest BCUT2D eigenvalue weighted by atomic mass is 9.97. The van der Waals surface area contributed by atoms with E-state index in [0.29, 0.717) is 19.5 Å². The number of piperidine rings is 1. The SMILES string of the molecule is Nc1[nH]nc2nc([C@@H]3CCCCN3C(=O)CN3CCCC3)cc(C(F)(F)F)c12. The molecular weight excluding hydrogens is 373 g/mol. The lowest BCUT2D eigenvalue weighted by molar-refractivity contribution is -0.136. The molecule has 1 atom stereocenters. The van der Waals surface area contributed by atoms with Gasteiger partial charge in [-0.3, -0.25) is 14.8 Å². The highest BCUT2D eigenvalue weighted by atomic mass is 19.4. The molecule has 0 radical (unpaired) electrons. The van der Waals surface area contributed by atoms with E-state index in [1.165, 1.54) is 0 Å². The predicted molar refractivity (Wildman–Crippen MR) is 97.3 cm³/mol. The minimum absolute atomic E-state index is 0.0522. The number of nitrogens with one attached hydrogen (secondary N) is 1.